The first kappa shape index (κ1) is 13.2. The molecule has 0 saturated carbocycles. The summed E-state index contributed by atoms with van der Waals surface area (Å²) in [5.74, 6) is 0.264. The molecule has 0 saturated heterocycles. The van der Waals surface area contributed by atoms with Gasteiger partial charge in [0.2, 0.25) is 0 Å². The lowest BCUT2D eigenvalue weighted by Crippen LogP contribution is -1.81. The molecule has 2 aromatic carbocycles. The molecule has 2 nitrogen and oxygen atoms in total. The van der Waals surface area contributed by atoms with Gasteiger partial charge >= 0.3 is 0 Å². The molecule has 0 bridgehead atoms. The molecule has 4 heteroatoms. The number of phenolic OH excluding ortho intramolecular Hbond substituents is 1. The average molecular weight is 302 g/mol. The summed E-state index contributed by atoms with van der Waals surface area (Å²) in [5.41, 5.74) is 3.05. The van der Waals surface area contributed by atoms with Crippen molar-refractivity contribution in [1.29, 1.82) is 0 Å². The number of phenols is 1. The summed E-state index contributed by atoms with van der Waals surface area (Å²) in [6, 6.07) is 14.8. The Balaban J connectivity index is 2.02. The fourth-order valence-electron chi connectivity index (χ4n) is 2.00. The van der Waals surface area contributed by atoms with E-state index in [-0.39, 0.29) is 5.75 Å². The Morgan fingerprint density at radius 1 is 0.950 bits per heavy atom. The highest BCUT2D eigenvalue weighted by Crippen LogP contribution is 2.34. The maximum atomic E-state index is 9.34. The second-order valence-electron chi connectivity index (χ2n) is 4.48. The number of aryl methyl sites for hydroxylation is 1. The first-order valence-corrected chi connectivity index (χ1v) is 7.36. The molecule has 100 valence electrons. The number of halogens is 1. The Hall–Kier alpha value is -1.84. The van der Waals surface area contributed by atoms with Crippen LogP contribution in [0.2, 0.25) is 5.02 Å². The van der Waals surface area contributed by atoms with Crippen LogP contribution in [0, 0.1) is 6.92 Å². The zero-order valence-electron chi connectivity index (χ0n) is 10.8. The third-order valence-electron chi connectivity index (χ3n) is 3.03. The number of nitrogens with zero attached hydrogens (tertiary/aromatic N) is 1. The quantitative estimate of drug-likeness (QED) is 0.710. The summed E-state index contributed by atoms with van der Waals surface area (Å²) in [7, 11) is 0. The van der Waals surface area contributed by atoms with E-state index in [1.54, 1.807) is 23.5 Å². The van der Waals surface area contributed by atoms with Crippen molar-refractivity contribution in [2.45, 2.75) is 6.92 Å². The smallest absolute Gasteiger partial charge is 0.124 e. The Morgan fingerprint density at radius 2 is 1.55 bits per heavy atom. The Morgan fingerprint density at radius 3 is 2.20 bits per heavy atom. The third kappa shape index (κ3) is 2.55. The molecule has 0 aliphatic carbocycles. The molecule has 1 aromatic heterocycles. The molecule has 0 fully saturated rings. The summed E-state index contributed by atoms with van der Waals surface area (Å²) in [6.45, 7) is 2.06. The molecule has 3 rings (SSSR count). The second-order valence-corrected chi connectivity index (χ2v) is 6.12. The van der Waals surface area contributed by atoms with Crippen molar-refractivity contribution in [2.24, 2.45) is 0 Å². The van der Waals surface area contributed by atoms with Gasteiger partial charge in [0.15, 0.2) is 0 Å². The highest BCUT2D eigenvalue weighted by molar-refractivity contribution is 7.15. The first-order valence-electron chi connectivity index (χ1n) is 6.16. The van der Waals surface area contributed by atoms with E-state index in [1.807, 2.05) is 36.4 Å². The molecule has 0 aliphatic heterocycles. The van der Waals surface area contributed by atoms with Crippen LogP contribution in [0.4, 0.5) is 0 Å². The van der Waals surface area contributed by atoms with Gasteiger partial charge < -0.3 is 5.11 Å². The summed E-state index contributed by atoms with van der Waals surface area (Å²) >= 11 is 7.56. The van der Waals surface area contributed by atoms with Crippen LogP contribution in [0.3, 0.4) is 0 Å². The highest BCUT2D eigenvalue weighted by Gasteiger charge is 2.11. The molecule has 20 heavy (non-hydrogen) atoms. The predicted octanol–water partition coefficient (Wildman–Crippen LogP) is 5.14. The number of aromatic nitrogens is 1. The fraction of sp³-hybridized carbons (Fsp3) is 0.0625. The van der Waals surface area contributed by atoms with E-state index < -0.39 is 0 Å². The molecule has 0 atom stereocenters. The van der Waals surface area contributed by atoms with Crippen molar-refractivity contribution < 1.29 is 5.11 Å². The van der Waals surface area contributed by atoms with Gasteiger partial charge in [-0.25, -0.2) is 4.98 Å². The normalized spacial score (nSPS) is 10.7. The molecular weight excluding hydrogens is 290 g/mol. The van der Waals surface area contributed by atoms with Crippen LogP contribution in [0.25, 0.3) is 21.8 Å². The lowest BCUT2D eigenvalue weighted by molar-refractivity contribution is 0.475. The molecule has 1 N–H and O–H groups in total. The van der Waals surface area contributed by atoms with E-state index in [9.17, 15) is 5.11 Å². The summed E-state index contributed by atoms with van der Waals surface area (Å²) in [4.78, 5) is 5.87. The van der Waals surface area contributed by atoms with E-state index in [0.29, 0.717) is 0 Å². The second kappa shape index (κ2) is 5.27. The summed E-state index contributed by atoms with van der Waals surface area (Å²) in [6.07, 6.45) is 0. The van der Waals surface area contributed by atoms with Crippen molar-refractivity contribution in [2.75, 3.05) is 0 Å². The highest BCUT2D eigenvalue weighted by atomic mass is 35.5. The lowest BCUT2D eigenvalue weighted by Gasteiger charge is -1.98. The molecule has 0 unspecified atom stereocenters. The van der Waals surface area contributed by atoms with E-state index in [0.717, 1.165) is 31.7 Å². The van der Waals surface area contributed by atoms with Gasteiger partial charge in [-0.3, -0.25) is 0 Å². The van der Waals surface area contributed by atoms with Gasteiger partial charge in [0.25, 0.3) is 0 Å². The minimum Gasteiger partial charge on any atom is -0.508 e. The van der Waals surface area contributed by atoms with E-state index >= 15 is 0 Å². The molecule has 3 aromatic rings. The topological polar surface area (TPSA) is 33.1 Å². The molecule has 0 spiro atoms. The Labute approximate surface area is 126 Å². The van der Waals surface area contributed by atoms with Crippen molar-refractivity contribution in [3.8, 4) is 27.6 Å². The van der Waals surface area contributed by atoms with Crippen molar-refractivity contribution in [1.82, 2.24) is 4.98 Å². The predicted molar refractivity (Wildman–Crippen MR) is 84.4 cm³/mol. The minimum atomic E-state index is 0.264. The zero-order valence-corrected chi connectivity index (χ0v) is 12.4. The number of hydrogen-bond donors (Lipinski definition) is 1. The van der Waals surface area contributed by atoms with Crippen LogP contribution >= 0.6 is 22.9 Å². The number of rotatable bonds is 2. The van der Waals surface area contributed by atoms with Crippen LogP contribution in [0.1, 0.15) is 4.88 Å². The molecule has 1 heterocycles. The van der Waals surface area contributed by atoms with Gasteiger partial charge in [-0.15, -0.1) is 11.3 Å². The molecule has 0 amide bonds. The van der Waals surface area contributed by atoms with E-state index in [4.69, 9.17) is 16.6 Å². The van der Waals surface area contributed by atoms with E-state index in [2.05, 4.69) is 6.92 Å². The number of hydrogen-bond acceptors (Lipinski definition) is 3. The minimum absolute atomic E-state index is 0.264. The van der Waals surface area contributed by atoms with Crippen LogP contribution in [0.15, 0.2) is 48.5 Å². The molecular formula is C16H12ClNOS. The zero-order chi connectivity index (χ0) is 14.1. The maximum Gasteiger partial charge on any atom is 0.124 e. The van der Waals surface area contributed by atoms with Crippen molar-refractivity contribution in [3.05, 3.63) is 58.4 Å². The van der Waals surface area contributed by atoms with Crippen LogP contribution < -0.4 is 0 Å². The van der Waals surface area contributed by atoms with E-state index in [1.165, 1.54) is 0 Å². The van der Waals surface area contributed by atoms with Gasteiger partial charge in [0.1, 0.15) is 10.8 Å². The van der Waals surface area contributed by atoms with Crippen LogP contribution in [-0.2, 0) is 0 Å². The molecule has 0 radical (unpaired) electrons. The first-order chi connectivity index (χ1) is 9.63. The number of thiazole rings is 1. The molecule has 0 aliphatic rings. The fourth-order valence-corrected chi connectivity index (χ4v) is 3.07. The third-order valence-corrected chi connectivity index (χ3v) is 4.30. The summed E-state index contributed by atoms with van der Waals surface area (Å²) < 4.78 is 0. The van der Waals surface area contributed by atoms with Gasteiger partial charge in [-0.1, -0.05) is 23.7 Å². The van der Waals surface area contributed by atoms with Gasteiger partial charge in [0.05, 0.1) is 5.69 Å². The van der Waals surface area contributed by atoms with Gasteiger partial charge in [-0.2, -0.15) is 0 Å². The monoisotopic (exact) mass is 301 g/mol. The van der Waals surface area contributed by atoms with Crippen LogP contribution in [-0.4, -0.2) is 10.1 Å². The lowest BCUT2D eigenvalue weighted by atomic mass is 10.1. The Kier molecular flexibility index (Phi) is 3.47. The summed E-state index contributed by atoms with van der Waals surface area (Å²) in [5, 5.41) is 11.0. The largest absolute Gasteiger partial charge is 0.508 e. The number of benzene rings is 2. The van der Waals surface area contributed by atoms with Gasteiger partial charge in [0, 0.05) is 21.0 Å². The number of aromatic hydroxyl groups is 1. The SMILES string of the molecule is Cc1sc(-c2ccc(O)cc2)nc1-c1ccc(Cl)cc1. The average Bonchev–Trinajstić information content (AvgIpc) is 2.82. The van der Waals surface area contributed by atoms with Crippen LogP contribution in [0.5, 0.6) is 5.75 Å². The van der Waals surface area contributed by atoms with Gasteiger partial charge in [-0.05, 0) is 43.3 Å². The standard InChI is InChI=1S/C16H12ClNOS/c1-10-15(11-2-6-13(17)7-3-11)18-16(20-10)12-4-8-14(19)9-5-12/h2-9,19H,1H3. The van der Waals surface area contributed by atoms with Crippen molar-refractivity contribution >= 4 is 22.9 Å². The van der Waals surface area contributed by atoms with Crippen molar-refractivity contribution in [3.63, 3.8) is 0 Å². The maximum absolute atomic E-state index is 9.34. The Bertz CT molecular complexity index is 732.